The molecule has 0 radical (unpaired) electrons. The quantitative estimate of drug-likeness (QED) is 0.923. The average Bonchev–Trinajstić information content (AvgIpc) is 3.20. The van der Waals surface area contributed by atoms with Crippen LogP contribution in [-0.4, -0.2) is 36.5 Å². The zero-order valence-electron chi connectivity index (χ0n) is 13.2. The van der Waals surface area contributed by atoms with Gasteiger partial charge >= 0.3 is 0 Å². The lowest BCUT2D eigenvalue weighted by molar-refractivity contribution is 0.0924. The SMILES string of the molecule is O=C(NC1CN2CC[C@H]1C2)c1ccc(Oc2ccccc2Cl)cc1. The molecule has 2 saturated heterocycles. The van der Waals surface area contributed by atoms with Gasteiger partial charge in [0.1, 0.15) is 11.5 Å². The minimum absolute atomic E-state index is 0.0157. The summed E-state index contributed by atoms with van der Waals surface area (Å²) in [5.41, 5.74) is 0.652. The van der Waals surface area contributed by atoms with Gasteiger partial charge in [0.15, 0.2) is 0 Å². The second kappa shape index (κ2) is 6.46. The Morgan fingerprint density at radius 2 is 1.92 bits per heavy atom. The Labute approximate surface area is 146 Å². The van der Waals surface area contributed by atoms with Crippen LogP contribution in [0.5, 0.6) is 11.5 Å². The summed E-state index contributed by atoms with van der Waals surface area (Å²) < 4.78 is 5.75. The molecule has 2 aromatic carbocycles. The van der Waals surface area contributed by atoms with E-state index in [1.807, 2.05) is 18.2 Å². The molecule has 0 saturated carbocycles. The van der Waals surface area contributed by atoms with Crippen molar-refractivity contribution in [3.63, 3.8) is 0 Å². The summed E-state index contributed by atoms with van der Waals surface area (Å²) in [5, 5.41) is 3.72. The number of hydrogen-bond acceptors (Lipinski definition) is 3. The van der Waals surface area contributed by atoms with Gasteiger partial charge in [-0.3, -0.25) is 4.79 Å². The Morgan fingerprint density at radius 1 is 1.12 bits per heavy atom. The van der Waals surface area contributed by atoms with Crippen molar-refractivity contribution in [2.24, 2.45) is 5.92 Å². The molecule has 1 amide bonds. The van der Waals surface area contributed by atoms with Crippen LogP contribution in [-0.2, 0) is 0 Å². The number of benzene rings is 2. The van der Waals surface area contributed by atoms with Gasteiger partial charge in [0.25, 0.3) is 5.91 Å². The molecule has 3 atom stereocenters. The highest BCUT2D eigenvalue weighted by Crippen LogP contribution is 2.30. The Bertz CT molecular complexity index is 747. The number of para-hydroxylation sites is 1. The van der Waals surface area contributed by atoms with Crippen LogP contribution < -0.4 is 10.1 Å². The molecule has 0 spiro atoms. The first kappa shape index (κ1) is 15.5. The van der Waals surface area contributed by atoms with E-state index in [1.54, 1.807) is 30.3 Å². The van der Waals surface area contributed by atoms with Crippen LogP contribution in [0.1, 0.15) is 16.8 Å². The summed E-state index contributed by atoms with van der Waals surface area (Å²) in [5.74, 6) is 1.85. The summed E-state index contributed by atoms with van der Waals surface area (Å²) in [7, 11) is 0. The van der Waals surface area contributed by atoms with Crippen LogP contribution in [0.2, 0.25) is 5.02 Å². The van der Waals surface area contributed by atoms with Crippen molar-refractivity contribution in [3.05, 3.63) is 59.1 Å². The van der Waals surface area contributed by atoms with Gasteiger partial charge in [-0.25, -0.2) is 0 Å². The second-order valence-electron chi connectivity index (χ2n) is 6.45. The molecule has 2 unspecified atom stereocenters. The molecule has 2 aliphatic rings. The van der Waals surface area contributed by atoms with Crippen molar-refractivity contribution in [2.45, 2.75) is 12.5 Å². The smallest absolute Gasteiger partial charge is 0.251 e. The number of rotatable bonds is 4. The number of hydrogen-bond donors (Lipinski definition) is 1. The number of amides is 1. The summed E-state index contributed by atoms with van der Waals surface area (Å²) in [6.07, 6.45) is 1.19. The monoisotopic (exact) mass is 342 g/mol. The lowest BCUT2D eigenvalue weighted by Gasteiger charge is -2.23. The highest BCUT2D eigenvalue weighted by Gasteiger charge is 2.38. The van der Waals surface area contributed by atoms with Crippen LogP contribution in [0.25, 0.3) is 0 Å². The zero-order valence-corrected chi connectivity index (χ0v) is 14.0. The Balaban J connectivity index is 1.40. The third kappa shape index (κ3) is 3.12. The zero-order chi connectivity index (χ0) is 16.5. The third-order valence-corrected chi connectivity index (χ3v) is 5.14. The third-order valence-electron chi connectivity index (χ3n) is 4.83. The summed E-state index contributed by atoms with van der Waals surface area (Å²) in [6, 6.07) is 14.8. The van der Waals surface area contributed by atoms with Gasteiger partial charge in [-0.1, -0.05) is 23.7 Å². The number of fused-ring (bicyclic) bond motifs is 2. The molecule has 4 nitrogen and oxygen atoms in total. The predicted molar refractivity (Wildman–Crippen MR) is 93.8 cm³/mol. The highest BCUT2D eigenvalue weighted by molar-refractivity contribution is 6.32. The summed E-state index contributed by atoms with van der Waals surface area (Å²) >= 11 is 6.09. The minimum Gasteiger partial charge on any atom is -0.456 e. The van der Waals surface area contributed by atoms with Crippen LogP contribution in [0.15, 0.2) is 48.5 Å². The van der Waals surface area contributed by atoms with E-state index in [2.05, 4.69) is 10.2 Å². The van der Waals surface area contributed by atoms with Crippen molar-refractivity contribution in [1.29, 1.82) is 0 Å². The standard InChI is InChI=1S/C19H19ClN2O2/c20-16-3-1-2-4-18(16)24-15-7-5-13(6-8-15)19(23)21-17-12-22-10-9-14(17)11-22/h1-8,14,17H,9-12H2,(H,21,23)/t14-,17?/m0/s1. The van der Waals surface area contributed by atoms with E-state index in [0.29, 0.717) is 28.0 Å². The minimum atomic E-state index is -0.0157. The fourth-order valence-electron chi connectivity index (χ4n) is 3.53. The number of nitrogens with zero attached hydrogens (tertiary/aromatic N) is 1. The highest BCUT2D eigenvalue weighted by atomic mass is 35.5. The van der Waals surface area contributed by atoms with Crippen LogP contribution in [0, 0.1) is 5.92 Å². The molecule has 2 fully saturated rings. The number of piperidine rings is 1. The van der Waals surface area contributed by atoms with Gasteiger partial charge in [-0.15, -0.1) is 0 Å². The molecule has 2 aliphatic heterocycles. The number of ether oxygens (including phenoxy) is 1. The maximum absolute atomic E-state index is 12.4. The van der Waals surface area contributed by atoms with Crippen LogP contribution in [0.3, 0.4) is 0 Å². The van der Waals surface area contributed by atoms with Crippen LogP contribution >= 0.6 is 11.6 Å². The second-order valence-corrected chi connectivity index (χ2v) is 6.85. The van der Waals surface area contributed by atoms with Crippen LogP contribution in [0.4, 0.5) is 0 Å². The van der Waals surface area contributed by atoms with Gasteiger partial charge < -0.3 is 15.0 Å². The Morgan fingerprint density at radius 3 is 2.58 bits per heavy atom. The molecular formula is C19H19ClN2O2. The van der Waals surface area contributed by atoms with Gasteiger partial charge in [0.05, 0.1) is 5.02 Å². The topological polar surface area (TPSA) is 41.6 Å². The summed E-state index contributed by atoms with van der Waals surface area (Å²) in [6.45, 7) is 3.27. The van der Waals surface area contributed by atoms with Crippen molar-refractivity contribution < 1.29 is 9.53 Å². The first-order chi connectivity index (χ1) is 11.7. The molecule has 0 aromatic heterocycles. The van der Waals surface area contributed by atoms with E-state index in [4.69, 9.17) is 16.3 Å². The molecule has 2 bridgehead atoms. The number of halogens is 1. The van der Waals surface area contributed by atoms with Gasteiger partial charge in [-0.05, 0) is 55.3 Å². The fourth-order valence-corrected chi connectivity index (χ4v) is 3.70. The first-order valence-electron chi connectivity index (χ1n) is 8.25. The van der Waals surface area contributed by atoms with E-state index in [-0.39, 0.29) is 11.9 Å². The average molecular weight is 343 g/mol. The van der Waals surface area contributed by atoms with Crippen molar-refractivity contribution in [1.82, 2.24) is 10.2 Å². The van der Waals surface area contributed by atoms with E-state index >= 15 is 0 Å². The molecule has 5 heteroatoms. The Hall–Kier alpha value is -2.04. The van der Waals surface area contributed by atoms with Crippen molar-refractivity contribution in [3.8, 4) is 11.5 Å². The van der Waals surface area contributed by atoms with Gasteiger partial charge in [0.2, 0.25) is 0 Å². The van der Waals surface area contributed by atoms with Crippen molar-refractivity contribution in [2.75, 3.05) is 19.6 Å². The molecule has 24 heavy (non-hydrogen) atoms. The van der Waals surface area contributed by atoms with Gasteiger partial charge in [0, 0.05) is 24.7 Å². The van der Waals surface area contributed by atoms with E-state index < -0.39 is 0 Å². The molecule has 0 aliphatic carbocycles. The lowest BCUT2D eigenvalue weighted by Crippen LogP contribution is -2.43. The predicted octanol–water partition coefficient (Wildman–Crippen LogP) is 3.57. The largest absolute Gasteiger partial charge is 0.456 e. The maximum Gasteiger partial charge on any atom is 0.251 e. The number of carbonyl (C=O) groups excluding carboxylic acids is 1. The van der Waals surface area contributed by atoms with Crippen molar-refractivity contribution >= 4 is 17.5 Å². The Kier molecular flexibility index (Phi) is 4.17. The molecule has 2 heterocycles. The normalized spacial score (nSPS) is 24.8. The molecular weight excluding hydrogens is 324 g/mol. The number of nitrogens with one attached hydrogen (secondary N) is 1. The molecule has 2 aromatic rings. The summed E-state index contributed by atoms with van der Waals surface area (Å²) in [4.78, 5) is 14.8. The molecule has 124 valence electrons. The van der Waals surface area contributed by atoms with Gasteiger partial charge in [-0.2, -0.15) is 0 Å². The maximum atomic E-state index is 12.4. The number of carbonyl (C=O) groups is 1. The van der Waals surface area contributed by atoms with E-state index in [1.165, 1.54) is 13.0 Å². The van der Waals surface area contributed by atoms with E-state index in [0.717, 1.165) is 13.1 Å². The molecule has 1 N–H and O–H groups in total. The first-order valence-corrected chi connectivity index (χ1v) is 8.62. The van der Waals surface area contributed by atoms with E-state index in [9.17, 15) is 4.79 Å². The lowest BCUT2D eigenvalue weighted by atomic mass is 9.99. The molecule has 4 rings (SSSR count). The fraction of sp³-hybridized carbons (Fsp3) is 0.316.